The van der Waals surface area contributed by atoms with E-state index in [1.165, 1.54) is 13.1 Å². The molecule has 2 N–H and O–H groups in total. The summed E-state index contributed by atoms with van der Waals surface area (Å²) in [6.07, 6.45) is -1.92. The number of ether oxygens (including phenoxy) is 1. The molecule has 8 nitrogen and oxygen atoms in total. The van der Waals surface area contributed by atoms with Gasteiger partial charge in [-0.1, -0.05) is 0 Å². The quantitative estimate of drug-likeness (QED) is 0.844. The molecule has 2 aromatic rings. The summed E-state index contributed by atoms with van der Waals surface area (Å²) < 4.78 is 24.7. The molecule has 1 fully saturated rings. The van der Waals surface area contributed by atoms with Crippen molar-refractivity contribution < 1.29 is 23.1 Å². The van der Waals surface area contributed by atoms with E-state index in [-0.39, 0.29) is 23.3 Å². The van der Waals surface area contributed by atoms with E-state index in [4.69, 9.17) is 14.9 Å². The lowest BCUT2D eigenvalue weighted by Crippen LogP contribution is -2.32. The summed E-state index contributed by atoms with van der Waals surface area (Å²) in [7, 11) is 1.37. The Kier molecular flexibility index (Phi) is 2.71. The van der Waals surface area contributed by atoms with Crippen molar-refractivity contribution in [2.24, 2.45) is 12.8 Å². The Morgan fingerprint density at radius 2 is 2.14 bits per heavy atom. The number of anilines is 1. The number of aryl methyl sites for hydroxylation is 1. The van der Waals surface area contributed by atoms with E-state index in [0.717, 1.165) is 15.5 Å². The molecule has 2 heterocycles. The van der Waals surface area contributed by atoms with Crippen molar-refractivity contribution in [3.05, 3.63) is 28.5 Å². The SMILES string of the molecule is Cn1c(=O)oc2cc(N3CC(C(N)=O)OC3=O)cc(F)c21. The molecule has 1 aromatic carbocycles. The van der Waals surface area contributed by atoms with Gasteiger partial charge < -0.3 is 14.9 Å². The Balaban J connectivity index is 2.08. The second-order valence-electron chi connectivity index (χ2n) is 4.59. The lowest BCUT2D eigenvalue weighted by atomic mass is 10.2. The molecule has 0 spiro atoms. The predicted octanol–water partition coefficient (Wildman–Crippen LogP) is 0.0811. The van der Waals surface area contributed by atoms with Crippen LogP contribution < -0.4 is 16.4 Å². The number of hydrogen-bond acceptors (Lipinski definition) is 5. The van der Waals surface area contributed by atoms with Crippen molar-refractivity contribution in [3.63, 3.8) is 0 Å². The maximum absolute atomic E-state index is 14.1. The highest BCUT2D eigenvalue weighted by Gasteiger charge is 2.36. The van der Waals surface area contributed by atoms with Gasteiger partial charge in [-0.3, -0.25) is 14.3 Å². The minimum absolute atomic E-state index is 0.00664. The second kappa shape index (κ2) is 4.33. The fourth-order valence-corrected chi connectivity index (χ4v) is 2.19. The van der Waals surface area contributed by atoms with E-state index >= 15 is 0 Å². The number of rotatable bonds is 2. The van der Waals surface area contributed by atoms with Gasteiger partial charge in [-0.15, -0.1) is 0 Å². The van der Waals surface area contributed by atoms with Gasteiger partial charge in [-0.25, -0.2) is 14.0 Å². The van der Waals surface area contributed by atoms with Gasteiger partial charge >= 0.3 is 11.8 Å². The lowest BCUT2D eigenvalue weighted by Gasteiger charge is -2.12. The molecule has 1 unspecified atom stereocenters. The van der Waals surface area contributed by atoms with Crippen LogP contribution in [0.2, 0.25) is 0 Å². The van der Waals surface area contributed by atoms with Gasteiger partial charge in [-0.2, -0.15) is 0 Å². The van der Waals surface area contributed by atoms with Crippen LogP contribution in [0.5, 0.6) is 0 Å². The van der Waals surface area contributed by atoms with Crippen molar-refractivity contribution in [1.29, 1.82) is 0 Å². The van der Waals surface area contributed by atoms with Crippen LogP contribution in [0.15, 0.2) is 21.3 Å². The summed E-state index contributed by atoms with van der Waals surface area (Å²) >= 11 is 0. The highest BCUT2D eigenvalue weighted by molar-refractivity contribution is 5.96. The molecule has 0 bridgehead atoms. The monoisotopic (exact) mass is 295 g/mol. The highest BCUT2D eigenvalue weighted by Crippen LogP contribution is 2.27. The first-order chi connectivity index (χ1) is 9.88. The number of primary amides is 1. The third-order valence-corrected chi connectivity index (χ3v) is 3.26. The number of carbonyl (C=O) groups excluding carboxylic acids is 2. The standard InChI is InChI=1S/C12H10FN3O5/c1-15-9-6(13)2-5(3-7(9)20-11(15)18)16-4-8(10(14)17)21-12(16)19/h2-3,8H,4H2,1H3,(H2,14,17). The molecule has 1 aliphatic rings. The summed E-state index contributed by atoms with van der Waals surface area (Å²) in [5.74, 6) is -2.25. The first kappa shape index (κ1) is 13.2. The predicted molar refractivity (Wildman–Crippen MR) is 68.2 cm³/mol. The smallest absolute Gasteiger partial charge is 0.419 e. The average Bonchev–Trinajstić information content (AvgIpc) is 2.91. The van der Waals surface area contributed by atoms with E-state index in [1.54, 1.807) is 0 Å². The zero-order valence-electron chi connectivity index (χ0n) is 10.8. The first-order valence-corrected chi connectivity index (χ1v) is 5.95. The number of nitrogens with zero attached hydrogens (tertiary/aromatic N) is 2. The molecular weight excluding hydrogens is 285 g/mol. The van der Waals surface area contributed by atoms with Crippen LogP contribution >= 0.6 is 0 Å². The molecule has 1 aromatic heterocycles. The Morgan fingerprint density at radius 1 is 1.43 bits per heavy atom. The van der Waals surface area contributed by atoms with Gasteiger partial charge in [0.05, 0.1) is 12.2 Å². The van der Waals surface area contributed by atoms with Crippen LogP contribution in [0, 0.1) is 5.82 Å². The van der Waals surface area contributed by atoms with Gasteiger partial charge in [0, 0.05) is 19.2 Å². The van der Waals surface area contributed by atoms with Crippen molar-refractivity contribution in [3.8, 4) is 0 Å². The number of cyclic esters (lactones) is 1. The molecule has 3 rings (SSSR count). The van der Waals surface area contributed by atoms with Gasteiger partial charge in [0.15, 0.2) is 17.5 Å². The van der Waals surface area contributed by atoms with Crippen LogP contribution in [0.1, 0.15) is 0 Å². The Hall–Kier alpha value is -2.84. The average molecular weight is 295 g/mol. The zero-order valence-corrected chi connectivity index (χ0v) is 10.8. The van der Waals surface area contributed by atoms with E-state index in [2.05, 4.69) is 0 Å². The summed E-state index contributed by atoms with van der Waals surface area (Å²) in [5.41, 5.74) is 5.16. The number of carbonyl (C=O) groups is 2. The molecule has 1 saturated heterocycles. The molecular formula is C12H10FN3O5. The van der Waals surface area contributed by atoms with Gasteiger partial charge in [0.25, 0.3) is 5.91 Å². The Morgan fingerprint density at radius 3 is 2.76 bits per heavy atom. The second-order valence-corrected chi connectivity index (χ2v) is 4.59. The van der Waals surface area contributed by atoms with Crippen LogP contribution in [-0.2, 0) is 16.6 Å². The summed E-state index contributed by atoms with van der Waals surface area (Å²) in [6, 6.07) is 2.38. The number of nitrogens with two attached hydrogens (primary N) is 1. The van der Waals surface area contributed by atoms with Crippen molar-refractivity contribution >= 4 is 28.8 Å². The number of aromatic nitrogens is 1. The van der Waals surface area contributed by atoms with Crippen molar-refractivity contribution in [2.45, 2.75) is 6.10 Å². The molecule has 0 radical (unpaired) electrons. The third-order valence-electron chi connectivity index (χ3n) is 3.26. The van der Waals surface area contributed by atoms with Crippen molar-refractivity contribution in [2.75, 3.05) is 11.4 Å². The maximum atomic E-state index is 14.1. The molecule has 0 aliphatic carbocycles. The van der Waals surface area contributed by atoms with E-state index < -0.39 is 29.7 Å². The van der Waals surface area contributed by atoms with Crippen LogP contribution in [0.3, 0.4) is 0 Å². The minimum atomic E-state index is -1.10. The van der Waals surface area contributed by atoms with E-state index in [0.29, 0.717) is 0 Å². The normalized spacial score (nSPS) is 18.3. The summed E-state index contributed by atoms with van der Waals surface area (Å²) in [6.45, 7) is -0.129. The molecule has 1 atom stereocenters. The number of oxazole rings is 1. The van der Waals surface area contributed by atoms with Gasteiger partial charge in [0.1, 0.15) is 5.52 Å². The highest BCUT2D eigenvalue weighted by atomic mass is 19.1. The number of halogens is 1. The van der Waals surface area contributed by atoms with E-state index in [1.807, 2.05) is 0 Å². The molecule has 9 heteroatoms. The molecule has 1 aliphatic heterocycles. The Labute approximate surface area is 116 Å². The largest absolute Gasteiger partial charge is 0.434 e. The number of hydrogen-bond donors (Lipinski definition) is 1. The van der Waals surface area contributed by atoms with Gasteiger partial charge in [0.2, 0.25) is 0 Å². The summed E-state index contributed by atoms with van der Waals surface area (Å²) in [4.78, 5) is 35.2. The fourth-order valence-electron chi connectivity index (χ4n) is 2.19. The number of amides is 2. The van der Waals surface area contributed by atoms with Gasteiger partial charge in [-0.05, 0) is 0 Å². The summed E-state index contributed by atoms with van der Waals surface area (Å²) in [5, 5.41) is 0. The minimum Gasteiger partial charge on any atom is -0.434 e. The molecule has 21 heavy (non-hydrogen) atoms. The molecule has 0 saturated carbocycles. The van der Waals surface area contributed by atoms with Crippen LogP contribution in [0.4, 0.5) is 14.9 Å². The lowest BCUT2D eigenvalue weighted by molar-refractivity contribution is -0.124. The zero-order chi connectivity index (χ0) is 15.3. The first-order valence-electron chi connectivity index (χ1n) is 5.95. The van der Waals surface area contributed by atoms with E-state index in [9.17, 15) is 18.8 Å². The topological polar surface area (TPSA) is 108 Å². The van der Waals surface area contributed by atoms with Crippen LogP contribution in [0.25, 0.3) is 11.1 Å². The third kappa shape index (κ3) is 1.93. The maximum Gasteiger partial charge on any atom is 0.419 e. The van der Waals surface area contributed by atoms with Crippen molar-refractivity contribution in [1.82, 2.24) is 4.57 Å². The Bertz CT molecular complexity index is 824. The molecule has 2 amide bonds. The van der Waals surface area contributed by atoms with Crippen LogP contribution in [-0.4, -0.2) is 29.2 Å². The number of fused-ring (bicyclic) bond motifs is 1. The number of benzene rings is 1. The fraction of sp³-hybridized carbons (Fsp3) is 0.250. The molecule has 110 valence electrons.